The molecule has 2 aliphatic heterocycles. The number of hydrogen-bond donors (Lipinski definition) is 2. The number of alkyl carbamates (subject to hydrolysis) is 1. The standard InChI is InChI=1S/C21H27N5O4/c1-21(2,3)30-20(29)22-12-10-26(11-12)13-5-6-14-16(9-13)25(4)24-18(14)15-7-8-17(27)23-19(15)28/h5-6,9,12,15H,7-8,10-11H2,1-4H3,(H,22,29)(H,23,27,28). The number of rotatable bonds is 3. The van der Waals surface area contributed by atoms with Crippen LogP contribution < -0.4 is 15.5 Å². The first-order valence-corrected chi connectivity index (χ1v) is 10.2. The average Bonchev–Trinajstić information content (AvgIpc) is 2.92. The van der Waals surface area contributed by atoms with Crippen LogP contribution in [-0.2, 0) is 21.4 Å². The Balaban J connectivity index is 1.45. The van der Waals surface area contributed by atoms with Crippen molar-refractivity contribution in [2.24, 2.45) is 7.05 Å². The van der Waals surface area contributed by atoms with Crippen molar-refractivity contribution in [2.75, 3.05) is 18.0 Å². The smallest absolute Gasteiger partial charge is 0.407 e. The van der Waals surface area contributed by atoms with Gasteiger partial charge in [0, 0.05) is 37.6 Å². The van der Waals surface area contributed by atoms with Crippen LogP contribution in [0.1, 0.15) is 45.2 Å². The van der Waals surface area contributed by atoms with Crippen LogP contribution in [0, 0.1) is 0 Å². The van der Waals surface area contributed by atoms with Gasteiger partial charge in [-0.25, -0.2) is 4.79 Å². The number of ether oxygens (including phenoxy) is 1. The molecule has 9 nitrogen and oxygen atoms in total. The van der Waals surface area contributed by atoms with Crippen LogP contribution in [0.5, 0.6) is 0 Å². The number of fused-ring (bicyclic) bond motifs is 1. The zero-order chi connectivity index (χ0) is 21.6. The van der Waals surface area contributed by atoms with Crippen LogP contribution in [0.2, 0.25) is 0 Å². The molecule has 1 unspecified atom stereocenters. The van der Waals surface area contributed by atoms with E-state index in [0.717, 1.165) is 16.6 Å². The van der Waals surface area contributed by atoms with Crippen molar-refractivity contribution >= 4 is 34.5 Å². The summed E-state index contributed by atoms with van der Waals surface area (Å²) in [5.74, 6) is -0.927. The molecular weight excluding hydrogens is 386 g/mol. The van der Waals surface area contributed by atoms with Gasteiger partial charge in [0.25, 0.3) is 0 Å². The van der Waals surface area contributed by atoms with E-state index in [4.69, 9.17) is 4.74 Å². The van der Waals surface area contributed by atoms with E-state index < -0.39 is 17.6 Å². The summed E-state index contributed by atoms with van der Waals surface area (Å²) in [6.45, 7) is 6.91. The van der Waals surface area contributed by atoms with Gasteiger partial charge in [-0.05, 0) is 45.4 Å². The van der Waals surface area contributed by atoms with Crippen molar-refractivity contribution in [3.05, 3.63) is 23.9 Å². The summed E-state index contributed by atoms with van der Waals surface area (Å²) in [5, 5.41) is 10.8. The van der Waals surface area contributed by atoms with Crippen molar-refractivity contribution in [2.45, 2.75) is 51.2 Å². The average molecular weight is 413 g/mol. The van der Waals surface area contributed by atoms with Gasteiger partial charge in [-0.2, -0.15) is 5.10 Å². The quantitative estimate of drug-likeness (QED) is 0.744. The highest BCUT2D eigenvalue weighted by atomic mass is 16.6. The summed E-state index contributed by atoms with van der Waals surface area (Å²) in [5.41, 5.74) is 2.15. The fourth-order valence-electron chi connectivity index (χ4n) is 3.94. The molecule has 0 radical (unpaired) electrons. The summed E-state index contributed by atoms with van der Waals surface area (Å²) in [6.07, 6.45) is 0.401. The van der Waals surface area contributed by atoms with Gasteiger partial charge in [-0.1, -0.05) is 0 Å². The number of carbonyl (C=O) groups excluding carboxylic acids is 3. The van der Waals surface area contributed by atoms with E-state index in [0.29, 0.717) is 31.6 Å². The van der Waals surface area contributed by atoms with Crippen LogP contribution in [0.4, 0.5) is 10.5 Å². The number of hydrogen-bond acceptors (Lipinski definition) is 6. The second-order valence-electron chi connectivity index (χ2n) is 8.96. The lowest BCUT2D eigenvalue weighted by Gasteiger charge is -2.41. The normalized spacial score (nSPS) is 20.1. The highest BCUT2D eigenvalue weighted by Crippen LogP contribution is 2.33. The largest absolute Gasteiger partial charge is 0.444 e. The van der Waals surface area contributed by atoms with Gasteiger partial charge in [-0.15, -0.1) is 0 Å². The molecule has 1 aromatic carbocycles. The predicted octanol–water partition coefficient (Wildman–Crippen LogP) is 1.81. The fourth-order valence-corrected chi connectivity index (χ4v) is 3.94. The number of nitrogens with zero attached hydrogens (tertiary/aromatic N) is 3. The van der Waals surface area contributed by atoms with E-state index in [2.05, 4.69) is 20.6 Å². The zero-order valence-electron chi connectivity index (χ0n) is 17.7. The lowest BCUT2D eigenvalue weighted by atomic mass is 9.92. The predicted molar refractivity (Wildman–Crippen MR) is 111 cm³/mol. The number of imide groups is 1. The fraction of sp³-hybridized carbons (Fsp3) is 0.524. The van der Waals surface area contributed by atoms with E-state index in [1.54, 1.807) is 4.68 Å². The number of nitrogens with one attached hydrogen (secondary N) is 2. The van der Waals surface area contributed by atoms with Crippen LogP contribution in [0.3, 0.4) is 0 Å². The first-order chi connectivity index (χ1) is 14.1. The number of benzene rings is 1. The third-order valence-electron chi connectivity index (χ3n) is 5.40. The molecule has 0 bridgehead atoms. The Labute approximate surface area is 174 Å². The third kappa shape index (κ3) is 3.96. The van der Waals surface area contributed by atoms with Gasteiger partial charge in [0.15, 0.2) is 0 Å². The van der Waals surface area contributed by atoms with E-state index in [9.17, 15) is 14.4 Å². The summed E-state index contributed by atoms with van der Waals surface area (Å²) in [7, 11) is 1.85. The molecule has 2 aromatic rings. The van der Waals surface area contributed by atoms with Crippen molar-refractivity contribution < 1.29 is 19.1 Å². The molecule has 0 spiro atoms. The molecule has 0 aliphatic carbocycles. The van der Waals surface area contributed by atoms with Crippen molar-refractivity contribution in [1.82, 2.24) is 20.4 Å². The van der Waals surface area contributed by atoms with Gasteiger partial charge < -0.3 is 15.0 Å². The third-order valence-corrected chi connectivity index (χ3v) is 5.40. The van der Waals surface area contributed by atoms with Crippen molar-refractivity contribution in [3.63, 3.8) is 0 Å². The molecule has 2 N–H and O–H groups in total. The van der Waals surface area contributed by atoms with Gasteiger partial charge in [0.1, 0.15) is 5.60 Å². The number of aromatic nitrogens is 2. The Morgan fingerprint density at radius 2 is 2.00 bits per heavy atom. The molecule has 2 saturated heterocycles. The highest BCUT2D eigenvalue weighted by Gasteiger charge is 2.33. The molecule has 1 aromatic heterocycles. The maximum atomic E-state index is 12.3. The Bertz CT molecular complexity index is 1020. The second-order valence-corrected chi connectivity index (χ2v) is 8.96. The summed E-state index contributed by atoms with van der Waals surface area (Å²) < 4.78 is 7.07. The van der Waals surface area contributed by atoms with Crippen molar-refractivity contribution in [1.29, 1.82) is 0 Å². The minimum absolute atomic E-state index is 0.0427. The lowest BCUT2D eigenvalue weighted by Crippen LogP contribution is -2.60. The van der Waals surface area contributed by atoms with Gasteiger partial charge in [0.2, 0.25) is 11.8 Å². The monoisotopic (exact) mass is 413 g/mol. The van der Waals surface area contributed by atoms with Gasteiger partial charge in [0.05, 0.1) is 23.2 Å². The number of amides is 3. The summed E-state index contributed by atoms with van der Waals surface area (Å²) >= 11 is 0. The molecule has 2 aliphatic rings. The minimum Gasteiger partial charge on any atom is -0.444 e. The first-order valence-electron chi connectivity index (χ1n) is 10.2. The topological polar surface area (TPSA) is 106 Å². The molecule has 0 saturated carbocycles. The minimum atomic E-state index is -0.516. The number of aryl methyl sites for hydroxylation is 1. The molecule has 160 valence electrons. The molecule has 2 fully saturated rings. The van der Waals surface area contributed by atoms with Crippen LogP contribution in [-0.4, -0.2) is 52.4 Å². The lowest BCUT2D eigenvalue weighted by molar-refractivity contribution is -0.134. The molecule has 9 heteroatoms. The van der Waals surface area contributed by atoms with Gasteiger partial charge in [-0.3, -0.25) is 19.6 Å². The Hall–Kier alpha value is -3.10. The number of anilines is 1. The number of piperidine rings is 1. The second kappa shape index (κ2) is 7.30. The Kier molecular flexibility index (Phi) is 4.91. The van der Waals surface area contributed by atoms with E-state index in [-0.39, 0.29) is 17.9 Å². The zero-order valence-corrected chi connectivity index (χ0v) is 17.7. The maximum Gasteiger partial charge on any atom is 0.407 e. The Morgan fingerprint density at radius 3 is 2.67 bits per heavy atom. The summed E-state index contributed by atoms with van der Waals surface area (Å²) in [6, 6.07) is 6.07. The molecule has 30 heavy (non-hydrogen) atoms. The van der Waals surface area contributed by atoms with E-state index in [1.807, 2.05) is 46.0 Å². The SMILES string of the molecule is Cn1nc(C2CCC(=O)NC2=O)c2ccc(N3CC(NC(=O)OC(C)(C)C)C3)cc21. The van der Waals surface area contributed by atoms with E-state index in [1.165, 1.54) is 0 Å². The molecule has 3 heterocycles. The number of carbonyl (C=O) groups is 3. The maximum absolute atomic E-state index is 12.3. The molecule has 3 amide bonds. The van der Waals surface area contributed by atoms with Crippen LogP contribution >= 0.6 is 0 Å². The first kappa shape index (κ1) is 20.2. The van der Waals surface area contributed by atoms with Crippen LogP contribution in [0.25, 0.3) is 10.9 Å². The molecule has 4 rings (SSSR count). The Morgan fingerprint density at radius 1 is 1.27 bits per heavy atom. The molecular formula is C21H27N5O4. The van der Waals surface area contributed by atoms with Crippen LogP contribution in [0.15, 0.2) is 18.2 Å². The highest BCUT2D eigenvalue weighted by molar-refractivity contribution is 6.02. The van der Waals surface area contributed by atoms with Gasteiger partial charge >= 0.3 is 6.09 Å². The van der Waals surface area contributed by atoms with Crippen molar-refractivity contribution in [3.8, 4) is 0 Å². The molecule has 1 atom stereocenters. The van der Waals surface area contributed by atoms with E-state index >= 15 is 0 Å². The summed E-state index contributed by atoms with van der Waals surface area (Å²) in [4.78, 5) is 37.8.